The summed E-state index contributed by atoms with van der Waals surface area (Å²) in [5.74, 6) is 0. The van der Waals surface area contributed by atoms with Gasteiger partial charge >= 0.3 is 6.03 Å². The molecule has 0 spiro atoms. The van der Waals surface area contributed by atoms with Crippen LogP contribution in [-0.4, -0.2) is 72.0 Å². The highest BCUT2D eigenvalue weighted by Crippen LogP contribution is 2.04. The molecule has 0 aliphatic carbocycles. The molecular formula is C20H44N2O5Si. The van der Waals surface area contributed by atoms with Crippen LogP contribution < -0.4 is 0 Å². The zero-order chi connectivity index (χ0) is 20.9. The van der Waals surface area contributed by atoms with Gasteiger partial charge in [0.2, 0.25) is 0 Å². The largest absolute Gasteiger partial charge is 0.403 e. The SMILES string of the molecule is CCCCOCN(COCCCC)C(=O)N(COCCCC)[SiH2]OCCCC. The van der Waals surface area contributed by atoms with E-state index < -0.39 is 9.92 Å². The second-order valence-electron chi connectivity index (χ2n) is 6.93. The van der Waals surface area contributed by atoms with Crippen LogP contribution >= 0.6 is 0 Å². The minimum atomic E-state index is -1.18. The predicted octanol–water partition coefficient (Wildman–Crippen LogP) is 3.85. The minimum absolute atomic E-state index is 0.118. The number of hydrogen-bond acceptors (Lipinski definition) is 5. The quantitative estimate of drug-likeness (QED) is 0.170. The molecule has 0 unspecified atom stereocenters. The van der Waals surface area contributed by atoms with Crippen LogP contribution in [0.4, 0.5) is 4.79 Å². The fourth-order valence-electron chi connectivity index (χ4n) is 2.18. The Hall–Kier alpha value is -0.673. The van der Waals surface area contributed by atoms with Gasteiger partial charge < -0.3 is 23.2 Å². The molecule has 2 amide bonds. The molecule has 0 N–H and O–H groups in total. The lowest BCUT2D eigenvalue weighted by molar-refractivity contribution is -0.0327. The molecule has 8 heteroatoms. The Morgan fingerprint density at radius 2 is 1.11 bits per heavy atom. The summed E-state index contributed by atoms with van der Waals surface area (Å²) in [7, 11) is -1.18. The van der Waals surface area contributed by atoms with Crippen molar-refractivity contribution in [2.45, 2.75) is 79.1 Å². The fraction of sp³-hybridized carbons (Fsp3) is 0.950. The Morgan fingerprint density at radius 1 is 0.679 bits per heavy atom. The maximum atomic E-state index is 13.1. The highest BCUT2D eigenvalue weighted by molar-refractivity contribution is 6.29. The second-order valence-corrected chi connectivity index (χ2v) is 8.36. The number of amides is 2. The summed E-state index contributed by atoms with van der Waals surface area (Å²) < 4.78 is 24.6. The van der Waals surface area contributed by atoms with E-state index in [0.29, 0.717) is 26.4 Å². The lowest BCUT2D eigenvalue weighted by atomic mass is 10.4. The van der Waals surface area contributed by atoms with Crippen LogP contribution in [0.5, 0.6) is 0 Å². The summed E-state index contributed by atoms with van der Waals surface area (Å²) >= 11 is 0. The number of hydrogen-bond donors (Lipinski definition) is 0. The third-order valence-electron chi connectivity index (χ3n) is 4.10. The third-order valence-corrected chi connectivity index (χ3v) is 5.33. The summed E-state index contributed by atoms with van der Waals surface area (Å²) in [6.07, 6.45) is 8.25. The van der Waals surface area contributed by atoms with Crippen LogP contribution in [0.25, 0.3) is 0 Å². The van der Waals surface area contributed by atoms with Crippen molar-refractivity contribution in [3.63, 3.8) is 0 Å². The molecule has 0 radical (unpaired) electrons. The summed E-state index contributed by atoms with van der Waals surface area (Å²) in [6, 6.07) is -0.118. The van der Waals surface area contributed by atoms with E-state index in [2.05, 4.69) is 27.7 Å². The van der Waals surface area contributed by atoms with Crippen molar-refractivity contribution in [2.24, 2.45) is 0 Å². The van der Waals surface area contributed by atoms with Crippen molar-refractivity contribution in [1.82, 2.24) is 9.47 Å². The maximum absolute atomic E-state index is 13.1. The first kappa shape index (κ1) is 27.3. The lowest BCUT2D eigenvalue weighted by Crippen LogP contribution is -2.48. The van der Waals surface area contributed by atoms with Gasteiger partial charge in [-0.2, -0.15) is 0 Å². The van der Waals surface area contributed by atoms with Crippen LogP contribution in [0.3, 0.4) is 0 Å². The van der Waals surface area contributed by atoms with Gasteiger partial charge in [-0.25, -0.2) is 4.79 Å². The highest BCUT2D eigenvalue weighted by atomic mass is 28.2. The monoisotopic (exact) mass is 420 g/mol. The molecule has 0 aliphatic heterocycles. The van der Waals surface area contributed by atoms with Crippen LogP contribution in [0.1, 0.15) is 79.1 Å². The number of carbonyl (C=O) groups excluding carboxylic acids is 1. The first-order valence-electron chi connectivity index (χ1n) is 11.1. The van der Waals surface area contributed by atoms with Gasteiger partial charge in [0.1, 0.15) is 20.2 Å². The first-order valence-corrected chi connectivity index (χ1v) is 12.3. The molecule has 0 aromatic rings. The third kappa shape index (κ3) is 15.3. The van der Waals surface area contributed by atoms with E-state index in [9.17, 15) is 4.79 Å². The number of unbranched alkanes of at least 4 members (excludes halogenated alkanes) is 4. The van der Waals surface area contributed by atoms with Crippen LogP contribution in [0, 0.1) is 0 Å². The minimum Gasteiger partial charge on any atom is -0.403 e. The highest BCUT2D eigenvalue weighted by Gasteiger charge is 2.22. The number of carbonyl (C=O) groups is 1. The van der Waals surface area contributed by atoms with Crippen LogP contribution in [0.15, 0.2) is 0 Å². The molecule has 0 aromatic carbocycles. The molecule has 0 bridgehead atoms. The van der Waals surface area contributed by atoms with Gasteiger partial charge in [-0.05, 0) is 25.7 Å². The van der Waals surface area contributed by atoms with Gasteiger partial charge in [0.15, 0.2) is 0 Å². The zero-order valence-corrected chi connectivity index (χ0v) is 20.2. The molecule has 0 saturated heterocycles. The van der Waals surface area contributed by atoms with Crippen molar-refractivity contribution >= 4 is 16.0 Å². The Labute approximate surface area is 175 Å². The summed E-state index contributed by atoms with van der Waals surface area (Å²) in [5.41, 5.74) is 0. The molecule has 168 valence electrons. The zero-order valence-electron chi connectivity index (χ0n) is 18.7. The number of nitrogens with zero attached hydrogens (tertiary/aromatic N) is 2. The van der Waals surface area contributed by atoms with E-state index in [1.54, 1.807) is 9.47 Å². The van der Waals surface area contributed by atoms with Gasteiger partial charge in [0.05, 0.1) is 0 Å². The molecule has 7 nitrogen and oxygen atoms in total. The second kappa shape index (κ2) is 21.0. The van der Waals surface area contributed by atoms with Gasteiger partial charge in [-0.15, -0.1) is 0 Å². The summed E-state index contributed by atoms with van der Waals surface area (Å²) in [5, 5.41) is 0. The predicted molar refractivity (Wildman–Crippen MR) is 116 cm³/mol. The molecule has 0 atom stereocenters. The standard InChI is InChI=1S/C20H44N2O5Si/c1-5-9-13-24-17-21(18-25-14-10-6-2)20(23)22(19-26-15-11-7-3)28-27-16-12-8-4/h5-19,28H2,1-4H3. The lowest BCUT2D eigenvalue weighted by Gasteiger charge is -2.30. The summed E-state index contributed by atoms with van der Waals surface area (Å²) in [4.78, 5) is 14.7. The average molecular weight is 421 g/mol. The molecule has 28 heavy (non-hydrogen) atoms. The van der Waals surface area contributed by atoms with E-state index in [-0.39, 0.29) is 26.2 Å². The molecule has 0 heterocycles. The van der Waals surface area contributed by atoms with E-state index in [1.165, 1.54) is 0 Å². The molecular weight excluding hydrogens is 376 g/mol. The molecule has 0 aromatic heterocycles. The molecule has 0 aliphatic rings. The number of urea groups is 1. The Balaban J connectivity index is 4.72. The Kier molecular flexibility index (Phi) is 20.5. The molecule has 0 saturated carbocycles. The van der Waals surface area contributed by atoms with Gasteiger partial charge in [-0.1, -0.05) is 53.4 Å². The molecule has 0 rings (SSSR count). The number of ether oxygens (including phenoxy) is 3. The summed E-state index contributed by atoms with van der Waals surface area (Å²) in [6.45, 7) is 11.9. The van der Waals surface area contributed by atoms with Crippen LogP contribution in [0.2, 0.25) is 0 Å². The smallest absolute Gasteiger partial charge is 0.318 e. The van der Waals surface area contributed by atoms with E-state index >= 15 is 0 Å². The molecule has 0 fully saturated rings. The Morgan fingerprint density at radius 3 is 1.57 bits per heavy atom. The van der Waals surface area contributed by atoms with Gasteiger partial charge in [0, 0.05) is 26.4 Å². The van der Waals surface area contributed by atoms with Gasteiger partial charge in [-0.3, -0.25) is 4.90 Å². The maximum Gasteiger partial charge on any atom is 0.318 e. The van der Waals surface area contributed by atoms with Crippen LogP contribution in [-0.2, 0) is 18.6 Å². The van der Waals surface area contributed by atoms with Crippen molar-refractivity contribution < 1.29 is 23.4 Å². The van der Waals surface area contributed by atoms with E-state index in [0.717, 1.165) is 51.4 Å². The average Bonchev–Trinajstić information content (AvgIpc) is 2.71. The first-order chi connectivity index (χ1) is 13.7. The topological polar surface area (TPSA) is 60.5 Å². The fourth-order valence-corrected chi connectivity index (χ4v) is 3.25. The number of rotatable bonds is 20. The van der Waals surface area contributed by atoms with Crippen molar-refractivity contribution in [3.8, 4) is 0 Å². The van der Waals surface area contributed by atoms with Gasteiger partial charge in [0.25, 0.3) is 9.92 Å². The van der Waals surface area contributed by atoms with Crippen molar-refractivity contribution in [3.05, 3.63) is 0 Å². The van der Waals surface area contributed by atoms with E-state index in [1.807, 2.05) is 0 Å². The normalized spacial score (nSPS) is 11.4. The van der Waals surface area contributed by atoms with Crippen molar-refractivity contribution in [1.29, 1.82) is 0 Å². The van der Waals surface area contributed by atoms with Crippen molar-refractivity contribution in [2.75, 3.05) is 46.6 Å². The Bertz CT molecular complexity index is 297. The van der Waals surface area contributed by atoms with E-state index in [4.69, 9.17) is 18.6 Å².